The molecule has 3 aromatic rings. The molecule has 0 N–H and O–H groups in total. The Kier molecular flexibility index (Phi) is 5.72. The van der Waals surface area contributed by atoms with Gasteiger partial charge in [0.15, 0.2) is 0 Å². The molecule has 0 bridgehead atoms. The average Bonchev–Trinajstić information content (AvgIpc) is 3.35. The van der Waals surface area contributed by atoms with Crippen molar-refractivity contribution in [1.82, 2.24) is 14.5 Å². The van der Waals surface area contributed by atoms with Crippen LogP contribution in [-0.2, 0) is 11.2 Å². The molecule has 2 atom stereocenters. The summed E-state index contributed by atoms with van der Waals surface area (Å²) in [6.07, 6.45) is 2.67. The molecule has 0 aliphatic carbocycles. The summed E-state index contributed by atoms with van der Waals surface area (Å²) in [7, 11) is 3.46. The first-order valence-electron chi connectivity index (χ1n) is 11.3. The maximum absolute atomic E-state index is 13.3. The largest absolute Gasteiger partial charge is 0.475 e. The molecule has 1 saturated heterocycles. The maximum atomic E-state index is 13.3. The van der Waals surface area contributed by atoms with E-state index in [0.29, 0.717) is 24.5 Å². The standard InChI is InChI=1S/C26H27N3O4/c1-28(2)25(30)19-9-5-8-18(13-19)22-14-17-7-3-4-11-21(17)23-15-24(27-26(31)29(22)23)33-16-20-10-6-12-32-20/h3-5,7-9,11,13,15,20,22H,6,10,12,14,16H2,1-2H3. The highest BCUT2D eigenvalue weighted by molar-refractivity contribution is 5.94. The Labute approximate surface area is 192 Å². The normalized spacial score (nSPS) is 19.0. The van der Waals surface area contributed by atoms with Crippen LogP contribution in [0.5, 0.6) is 5.88 Å². The number of rotatable bonds is 5. The molecule has 33 heavy (non-hydrogen) atoms. The van der Waals surface area contributed by atoms with Gasteiger partial charge in [-0.2, -0.15) is 4.98 Å². The first-order chi connectivity index (χ1) is 16.0. The molecule has 0 spiro atoms. The van der Waals surface area contributed by atoms with Crippen LogP contribution >= 0.6 is 0 Å². The van der Waals surface area contributed by atoms with Gasteiger partial charge in [0, 0.05) is 37.9 Å². The molecular weight excluding hydrogens is 418 g/mol. The van der Waals surface area contributed by atoms with Crippen molar-refractivity contribution in [2.45, 2.75) is 31.4 Å². The van der Waals surface area contributed by atoms with Gasteiger partial charge >= 0.3 is 5.69 Å². The van der Waals surface area contributed by atoms with Gasteiger partial charge in [-0.25, -0.2) is 4.79 Å². The minimum Gasteiger partial charge on any atom is -0.475 e. The summed E-state index contributed by atoms with van der Waals surface area (Å²) >= 11 is 0. The van der Waals surface area contributed by atoms with Crippen LogP contribution in [0.4, 0.5) is 0 Å². The van der Waals surface area contributed by atoms with Crippen molar-refractivity contribution >= 4 is 5.91 Å². The van der Waals surface area contributed by atoms with Crippen molar-refractivity contribution in [3.05, 3.63) is 81.8 Å². The van der Waals surface area contributed by atoms with E-state index in [1.165, 1.54) is 0 Å². The highest BCUT2D eigenvalue weighted by atomic mass is 16.5. The van der Waals surface area contributed by atoms with Gasteiger partial charge < -0.3 is 14.4 Å². The first-order valence-corrected chi connectivity index (χ1v) is 11.3. The van der Waals surface area contributed by atoms with Gasteiger partial charge in [0.2, 0.25) is 5.88 Å². The predicted octanol–water partition coefficient (Wildman–Crippen LogP) is 3.32. The zero-order chi connectivity index (χ0) is 22.9. The second kappa shape index (κ2) is 8.83. The Morgan fingerprint density at radius 2 is 2.03 bits per heavy atom. The van der Waals surface area contributed by atoms with Crippen molar-refractivity contribution in [1.29, 1.82) is 0 Å². The number of benzene rings is 2. The highest BCUT2D eigenvalue weighted by Crippen LogP contribution is 2.37. The van der Waals surface area contributed by atoms with Gasteiger partial charge in [0.05, 0.1) is 17.8 Å². The number of aromatic nitrogens is 2. The first kappa shape index (κ1) is 21.4. The van der Waals surface area contributed by atoms with Crippen molar-refractivity contribution in [2.75, 3.05) is 27.3 Å². The third kappa shape index (κ3) is 4.16. The number of amides is 1. The number of nitrogens with zero attached hydrogens (tertiary/aromatic N) is 3. The van der Waals surface area contributed by atoms with Crippen LogP contribution in [-0.4, -0.2) is 53.8 Å². The summed E-state index contributed by atoms with van der Waals surface area (Å²) in [5, 5.41) is 0. The van der Waals surface area contributed by atoms with Gasteiger partial charge in [-0.15, -0.1) is 0 Å². The van der Waals surface area contributed by atoms with Crippen LogP contribution in [0.25, 0.3) is 11.3 Å². The lowest BCUT2D eigenvalue weighted by atomic mass is 9.89. The fourth-order valence-corrected chi connectivity index (χ4v) is 4.66. The molecule has 0 saturated carbocycles. The van der Waals surface area contributed by atoms with E-state index in [0.717, 1.165) is 41.8 Å². The third-order valence-corrected chi connectivity index (χ3v) is 6.32. The van der Waals surface area contributed by atoms with E-state index in [1.54, 1.807) is 29.6 Å². The Morgan fingerprint density at radius 3 is 2.82 bits per heavy atom. The molecule has 2 unspecified atom stereocenters. The second-order valence-corrected chi connectivity index (χ2v) is 8.78. The number of carbonyl (C=O) groups excluding carboxylic acids is 1. The number of carbonyl (C=O) groups is 1. The molecule has 5 rings (SSSR count). The fourth-order valence-electron chi connectivity index (χ4n) is 4.66. The molecule has 2 aromatic carbocycles. The summed E-state index contributed by atoms with van der Waals surface area (Å²) in [5.41, 5.74) is 4.04. The van der Waals surface area contributed by atoms with Crippen LogP contribution < -0.4 is 10.4 Å². The molecule has 7 heteroatoms. The van der Waals surface area contributed by atoms with Crippen LogP contribution in [0.2, 0.25) is 0 Å². The third-order valence-electron chi connectivity index (χ3n) is 6.32. The molecule has 1 fully saturated rings. The molecule has 0 radical (unpaired) electrons. The topological polar surface area (TPSA) is 73.7 Å². The molecule has 7 nitrogen and oxygen atoms in total. The van der Waals surface area contributed by atoms with Gasteiger partial charge in [0.25, 0.3) is 5.91 Å². The van der Waals surface area contributed by atoms with Crippen molar-refractivity contribution in [3.8, 4) is 17.1 Å². The minimum atomic E-state index is -0.362. The van der Waals surface area contributed by atoms with Crippen LogP contribution in [0.15, 0.2) is 59.4 Å². The van der Waals surface area contributed by atoms with Crippen molar-refractivity contribution < 1.29 is 14.3 Å². The van der Waals surface area contributed by atoms with E-state index in [9.17, 15) is 9.59 Å². The Bertz CT molecular complexity index is 1240. The fraction of sp³-hybridized carbons (Fsp3) is 0.346. The smallest absolute Gasteiger partial charge is 0.351 e. The zero-order valence-electron chi connectivity index (χ0n) is 18.9. The Balaban J connectivity index is 1.56. The van der Waals surface area contributed by atoms with E-state index in [-0.39, 0.29) is 23.7 Å². The molecule has 170 valence electrons. The summed E-state index contributed by atoms with van der Waals surface area (Å²) in [6.45, 7) is 1.13. The monoisotopic (exact) mass is 445 g/mol. The number of ether oxygens (including phenoxy) is 2. The summed E-state index contributed by atoms with van der Waals surface area (Å²) in [4.78, 5) is 31.6. The summed E-state index contributed by atoms with van der Waals surface area (Å²) in [5.74, 6) is 0.241. The molecule has 2 aliphatic heterocycles. The van der Waals surface area contributed by atoms with E-state index >= 15 is 0 Å². The minimum absolute atomic E-state index is 0.0441. The quantitative estimate of drug-likeness (QED) is 0.602. The van der Waals surface area contributed by atoms with Gasteiger partial charge in [-0.3, -0.25) is 9.36 Å². The average molecular weight is 446 g/mol. The lowest BCUT2D eigenvalue weighted by Crippen LogP contribution is -2.33. The number of fused-ring (bicyclic) bond motifs is 3. The van der Waals surface area contributed by atoms with Crippen LogP contribution in [0, 0.1) is 0 Å². The molecule has 3 heterocycles. The predicted molar refractivity (Wildman–Crippen MR) is 125 cm³/mol. The van der Waals surface area contributed by atoms with Crippen molar-refractivity contribution in [2.24, 2.45) is 0 Å². The molecule has 1 amide bonds. The SMILES string of the molecule is CN(C)C(=O)c1cccc(C2Cc3ccccc3-c3cc(OCC4CCCO4)nc(=O)n32)c1. The second-order valence-electron chi connectivity index (χ2n) is 8.78. The van der Waals surface area contributed by atoms with Crippen molar-refractivity contribution in [3.63, 3.8) is 0 Å². The molecular formula is C26H27N3O4. The van der Waals surface area contributed by atoms with Gasteiger partial charge in [-0.05, 0) is 42.5 Å². The van der Waals surface area contributed by atoms with Crippen LogP contribution in [0.3, 0.4) is 0 Å². The zero-order valence-corrected chi connectivity index (χ0v) is 18.9. The number of hydrogen-bond acceptors (Lipinski definition) is 5. The highest BCUT2D eigenvalue weighted by Gasteiger charge is 2.28. The summed E-state index contributed by atoms with van der Waals surface area (Å²) < 4.78 is 13.2. The van der Waals surface area contributed by atoms with E-state index < -0.39 is 0 Å². The van der Waals surface area contributed by atoms with Crippen LogP contribution in [0.1, 0.15) is 40.4 Å². The maximum Gasteiger partial charge on any atom is 0.351 e. The molecule has 2 aliphatic rings. The summed E-state index contributed by atoms with van der Waals surface area (Å²) in [6, 6.07) is 17.2. The van der Waals surface area contributed by atoms with Gasteiger partial charge in [0.1, 0.15) is 6.61 Å². The number of hydrogen-bond donors (Lipinski definition) is 0. The molecule has 1 aromatic heterocycles. The lowest BCUT2D eigenvalue weighted by molar-refractivity contribution is 0.0661. The van der Waals surface area contributed by atoms with E-state index in [4.69, 9.17) is 9.47 Å². The van der Waals surface area contributed by atoms with Gasteiger partial charge in [-0.1, -0.05) is 36.4 Å². The van der Waals surface area contributed by atoms with E-state index in [1.807, 2.05) is 42.5 Å². The Hall–Kier alpha value is -3.45. The Morgan fingerprint density at radius 1 is 1.18 bits per heavy atom. The van der Waals surface area contributed by atoms with E-state index in [2.05, 4.69) is 11.1 Å². The lowest BCUT2D eigenvalue weighted by Gasteiger charge is -2.30.